The summed E-state index contributed by atoms with van der Waals surface area (Å²) in [6.07, 6.45) is 5.05. The lowest BCUT2D eigenvalue weighted by Crippen LogP contribution is -2.06. The van der Waals surface area contributed by atoms with E-state index in [2.05, 4.69) is 10.3 Å². The molecule has 0 bridgehead atoms. The highest BCUT2D eigenvalue weighted by Gasteiger charge is 2.08. The number of amides is 1. The van der Waals surface area contributed by atoms with E-state index in [-0.39, 0.29) is 11.7 Å². The third-order valence-corrected chi connectivity index (χ3v) is 5.16. The van der Waals surface area contributed by atoms with Gasteiger partial charge in [0.05, 0.1) is 7.11 Å². The molecule has 0 aliphatic rings. The number of anilines is 1. The van der Waals surface area contributed by atoms with Crippen molar-refractivity contribution in [3.63, 3.8) is 0 Å². The highest BCUT2D eigenvalue weighted by molar-refractivity contribution is 7.15. The summed E-state index contributed by atoms with van der Waals surface area (Å²) in [5, 5.41) is 4.06. The van der Waals surface area contributed by atoms with E-state index in [0.717, 1.165) is 16.0 Å². The molecule has 1 amide bonds. The number of methoxy groups -OCH3 is 1. The first-order valence-electron chi connectivity index (χ1n) is 8.85. The number of benzene rings is 2. The van der Waals surface area contributed by atoms with Crippen molar-refractivity contribution in [2.45, 2.75) is 6.42 Å². The minimum atomic E-state index is -0.324. The van der Waals surface area contributed by atoms with Crippen molar-refractivity contribution in [3.8, 4) is 5.75 Å². The molecule has 5 nitrogen and oxygen atoms in total. The average molecular weight is 408 g/mol. The maximum atomic E-state index is 13.8. The van der Waals surface area contributed by atoms with E-state index in [1.54, 1.807) is 37.6 Å². The Labute approximate surface area is 170 Å². The number of thiazole rings is 1. The fourth-order valence-corrected chi connectivity index (χ4v) is 3.67. The average Bonchev–Trinajstić information content (AvgIpc) is 3.33. The van der Waals surface area contributed by atoms with Gasteiger partial charge >= 0.3 is 0 Å². The number of nitrogens with zero attached hydrogens (tertiary/aromatic N) is 1. The van der Waals surface area contributed by atoms with E-state index in [4.69, 9.17) is 9.15 Å². The topological polar surface area (TPSA) is 64.4 Å². The molecule has 0 spiro atoms. The summed E-state index contributed by atoms with van der Waals surface area (Å²) in [6.45, 7) is 0. The van der Waals surface area contributed by atoms with Crippen LogP contribution in [0.15, 0.2) is 65.2 Å². The van der Waals surface area contributed by atoms with E-state index < -0.39 is 0 Å². The second kappa shape index (κ2) is 8.28. The molecule has 0 aliphatic heterocycles. The molecule has 0 unspecified atom stereocenters. The predicted molar refractivity (Wildman–Crippen MR) is 112 cm³/mol. The molecule has 2 aromatic carbocycles. The Morgan fingerprint density at radius 1 is 1.28 bits per heavy atom. The lowest BCUT2D eigenvalue weighted by atomic mass is 10.1. The molecule has 2 aromatic heterocycles. The molecule has 1 N–H and O–H groups in total. The maximum absolute atomic E-state index is 13.8. The van der Waals surface area contributed by atoms with Crippen LogP contribution in [-0.4, -0.2) is 18.0 Å². The molecule has 0 aliphatic carbocycles. The SMILES string of the molecule is COc1ccc2oc(C=CC(=O)Nc3ncc(Cc4ccccc4F)s3)cc2c1. The number of halogens is 1. The first-order valence-corrected chi connectivity index (χ1v) is 9.67. The van der Waals surface area contributed by atoms with Crippen molar-refractivity contribution in [1.29, 1.82) is 0 Å². The van der Waals surface area contributed by atoms with Gasteiger partial charge in [0.1, 0.15) is 22.9 Å². The molecule has 0 saturated heterocycles. The third-order valence-electron chi connectivity index (χ3n) is 4.25. The van der Waals surface area contributed by atoms with Gasteiger partial charge in [0, 0.05) is 29.0 Å². The van der Waals surface area contributed by atoms with Crippen molar-refractivity contribution in [3.05, 3.63) is 82.8 Å². The van der Waals surface area contributed by atoms with Crippen LogP contribution < -0.4 is 10.1 Å². The van der Waals surface area contributed by atoms with Gasteiger partial charge in [0.15, 0.2) is 5.13 Å². The summed E-state index contributed by atoms with van der Waals surface area (Å²) >= 11 is 1.31. The van der Waals surface area contributed by atoms with Crippen LogP contribution in [0, 0.1) is 5.82 Å². The molecule has 0 radical (unpaired) electrons. The Hall–Kier alpha value is -3.45. The van der Waals surface area contributed by atoms with Crippen LogP contribution in [0.2, 0.25) is 0 Å². The van der Waals surface area contributed by atoms with E-state index in [9.17, 15) is 9.18 Å². The van der Waals surface area contributed by atoms with Crippen molar-refractivity contribution < 1.29 is 18.3 Å². The Balaban J connectivity index is 1.39. The molecule has 0 fully saturated rings. The molecule has 146 valence electrons. The molecule has 29 heavy (non-hydrogen) atoms. The predicted octanol–water partition coefficient (Wildman–Crippen LogP) is 5.28. The fourth-order valence-electron chi connectivity index (χ4n) is 2.83. The molecular weight excluding hydrogens is 391 g/mol. The van der Waals surface area contributed by atoms with Crippen molar-refractivity contribution in [2.24, 2.45) is 0 Å². The van der Waals surface area contributed by atoms with Gasteiger partial charge in [-0.25, -0.2) is 9.37 Å². The quantitative estimate of drug-likeness (QED) is 0.441. The molecule has 2 heterocycles. The summed E-state index contributed by atoms with van der Waals surface area (Å²) in [6, 6.07) is 13.9. The maximum Gasteiger partial charge on any atom is 0.250 e. The number of hydrogen-bond acceptors (Lipinski definition) is 5. The molecule has 0 saturated carbocycles. The first-order chi connectivity index (χ1) is 14.1. The Bertz CT molecular complexity index is 1200. The van der Waals surface area contributed by atoms with E-state index in [1.165, 1.54) is 23.5 Å². The summed E-state index contributed by atoms with van der Waals surface area (Å²) in [7, 11) is 1.60. The van der Waals surface area contributed by atoms with Gasteiger partial charge in [0.25, 0.3) is 0 Å². The molecule has 7 heteroatoms. The standard InChI is InChI=1S/C22H17FN2O3S/c1-27-16-6-8-20-15(10-16)11-17(28-20)7-9-21(26)25-22-24-13-18(29-22)12-14-4-2-3-5-19(14)23/h2-11,13H,12H2,1H3,(H,24,25,26). The van der Waals surface area contributed by atoms with E-state index in [1.807, 2.05) is 24.3 Å². The first kappa shape index (κ1) is 18.9. The van der Waals surface area contributed by atoms with Gasteiger partial charge in [0.2, 0.25) is 5.91 Å². The van der Waals surface area contributed by atoms with Gasteiger partial charge in [-0.05, 0) is 42.0 Å². The highest BCUT2D eigenvalue weighted by Crippen LogP contribution is 2.25. The fraction of sp³-hybridized carbons (Fsp3) is 0.0909. The second-order valence-corrected chi connectivity index (χ2v) is 7.39. The van der Waals surface area contributed by atoms with Crippen molar-refractivity contribution in [2.75, 3.05) is 12.4 Å². The summed E-state index contributed by atoms with van der Waals surface area (Å²) < 4.78 is 24.6. The lowest BCUT2D eigenvalue weighted by molar-refractivity contribution is -0.111. The van der Waals surface area contributed by atoms with Gasteiger partial charge in [-0.15, -0.1) is 11.3 Å². The summed E-state index contributed by atoms with van der Waals surface area (Å²) in [5.41, 5.74) is 1.30. The molecule has 4 aromatic rings. The van der Waals surface area contributed by atoms with Gasteiger partial charge in [-0.2, -0.15) is 0 Å². The van der Waals surface area contributed by atoms with Crippen LogP contribution in [0.1, 0.15) is 16.2 Å². The van der Waals surface area contributed by atoms with Crippen LogP contribution in [0.4, 0.5) is 9.52 Å². The lowest BCUT2D eigenvalue weighted by Gasteiger charge is -1.99. The number of carbonyl (C=O) groups excluding carboxylic acids is 1. The second-order valence-electron chi connectivity index (χ2n) is 6.28. The van der Waals surface area contributed by atoms with Crippen LogP contribution in [-0.2, 0) is 11.2 Å². The van der Waals surface area contributed by atoms with Crippen LogP contribution in [0.3, 0.4) is 0 Å². The van der Waals surface area contributed by atoms with Gasteiger partial charge < -0.3 is 9.15 Å². The number of nitrogens with one attached hydrogen (secondary N) is 1. The number of carbonyl (C=O) groups is 1. The zero-order valence-electron chi connectivity index (χ0n) is 15.5. The van der Waals surface area contributed by atoms with Crippen molar-refractivity contribution >= 4 is 39.4 Å². The van der Waals surface area contributed by atoms with Crippen molar-refractivity contribution in [1.82, 2.24) is 4.98 Å². The smallest absolute Gasteiger partial charge is 0.250 e. The number of fused-ring (bicyclic) bond motifs is 1. The summed E-state index contributed by atoms with van der Waals surface area (Å²) in [5.74, 6) is 0.719. The molecule has 4 rings (SSSR count). The van der Waals surface area contributed by atoms with Crippen LogP contribution in [0.5, 0.6) is 5.75 Å². The molecule has 0 atom stereocenters. The van der Waals surface area contributed by atoms with Gasteiger partial charge in [-0.1, -0.05) is 18.2 Å². The largest absolute Gasteiger partial charge is 0.497 e. The number of furan rings is 1. The minimum absolute atomic E-state index is 0.252. The number of hydrogen-bond donors (Lipinski definition) is 1. The number of rotatable bonds is 6. The van der Waals surface area contributed by atoms with Gasteiger partial charge in [-0.3, -0.25) is 10.1 Å². The Morgan fingerprint density at radius 3 is 2.97 bits per heavy atom. The van der Waals surface area contributed by atoms with E-state index in [0.29, 0.717) is 28.5 Å². The number of aromatic nitrogens is 1. The zero-order chi connectivity index (χ0) is 20.2. The normalized spacial score (nSPS) is 11.2. The minimum Gasteiger partial charge on any atom is -0.497 e. The summed E-state index contributed by atoms with van der Waals surface area (Å²) in [4.78, 5) is 17.2. The van der Waals surface area contributed by atoms with Crippen LogP contribution >= 0.6 is 11.3 Å². The van der Waals surface area contributed by atoms with Crippen LogP contribution in [0.25, 0.3) is 17.0 Å². The monoisotopic (exact) mass is 408 g/mol. The molecular formula is C22H17FN2O3S. The Morgan fingerprint density at radius 2 is 2.14 bits per heavy atom. The number of ether oxygens (including phenoxy) is 1. The highest BCUT2D eigenvalue weighted by atomic mass is 32.1. The third kappa shape index (κ3) is 4.52. The van der Waals surface area contributed by atoms with E-state index >= 15 is 0 Å². The Kier molecular flexibility index (Phi) is 5.39. The zero-order valence-corrected chi connectivity index (χ0v) is 16.3.